The summed E-state index contributed by atoms with van der Waals surface area (Å²) in [4.78, 5) is 24.4. The molecule has 0 saturated heterocycles. The van der Waals surface area contributed by atoms with Crippen molar-refractivity contribution in [2.45, 2.75) is 18.9 Å². The zero-order valence-electron chi connectivity index (χ0n) is 9.66. The van der Waals surface area contributed by atoms with Gasteiger partial charge >= 0.3 is 5.97 Å². The lowest BCUT2D eigenvalue weighted by Crippen LogP contribution is -2.30. The number of aromatic nitrogens is 1. The van der Waals surface area contributed by atoms with Gasteiger partial charge < -0.3 is 10.1 Å². The lowest BCUT2D eigenvalue weighted by molar-refractivity contribution is -0.520. The van der Waals surface area contributed by atoms with Gasteiger partial charge in [-0.05, 0) is 11.6 Å². The molecule has 0 bridgehead atoms. The average molecular weight is 248 g/mol. The van der Waals surface area contributed by atoms with Crippen molar-refractivity contribution in [2.24, 2.45) is 0 Å². The van der Waals surface area contributed by atoms with Crippen molar-refractivity contribution in [1.29, 1.82) is 0 Å². The fourth-order valence-electron chi connectivity index (χ4n) is 2.07. The SMILES string of the molecule is CC(C(C(=O)O)c1c[nH]c2ccccc12)[N+](=O)[O-]. The second kappa shape index (κ2) is 4.48. The summed E-state index contributed by atoms with van der Waals surface area (Å²) in [5.41, 5.74) is 1.22. The molecule has 1 heterocycles. The van der Waals surface area contributed by atoms with Crippen LogP contribution in [0.25, 0.3) is 10.9 Å². The number of hydrogen-bond acceptors (Lipinski definition) is 3. The molecule has 0 spiro atoms. The molecular weight excluding hydrogens is 236 g/mol. The van der Waals surface area contributed by atoms with Crippen LogP contribution in [0.1, 0.15) is 18.4 Å². The first-order valence-corrected chi connectivity index (χ1v) is 5.44. The maximum Gasteiger partial charge on any atom is 0.318 e. The van der Waals surface area contributed by atoms with Gasteiger partial charge in [-0.15, -0.1) is 0 Å². The minimum atomic E-state index is -1.19. The molecule has 2 unspecified atom stereocenters. The molecule has 1 aromatic heterocycles. The number of nitrogens with one attached hydrogen (secondary N) is 1. The molecule has 0 saturated carbocycles. The van der Waals surface area contributed by atoms with Crippen molar-refractivity contribution in [3.8, 4) is 0 Å². The number of aliphatic carboxylic acids is 1. The summed E-state index contributed by atoms with van der Waals surface area (Å²) in [5, 5.41) is 20.7. The Morgan fingerprint density at radius 1 is 1.44 bits per heavy atom. The van der Waals surface area contributed by atoms with E-state index in [0.29, 0.717) is 10.9 Å². The molecule has 2 atom stereocenters. The molecule has 0 amide bonds. The van der Waals surface area contributed by atoms with E-state index >= 15 is 0 Å². The van der Waals surface area contributed by atoms with Crippen molar-refractivity contribution in [3.05, 3.63) is 46.1 Å². The molecule has 0 aliphatic rings. The second-order valence-electron chi connectivity index (χ2n) is 4.13. The third-order valence-corrected chi connectivity index (χ3v) is 3.04. The van der Waals surface area contributed by atoms with Gasteiger partial charge in [0, 0.05) is 28.9 Å². The van der Waals surface area contributed by atoms with Gasteiger partial charge in [-0.25, -0.2) is 0 Å². The molecule has 2 rings (SSSR count). The fraction of sp³-hybridized carbons (Fsp3) is 0.250. The number of carboxylic acids is 1. The lowest BCUT2D eigenvalue weighted by atomic mass is 9.92. The standard InChI is InChI=1S/C12H12N2O4/c1-7(14(17)18)11(12(15)16)9-6-13-10-5-3-2-4-8(9)10/h2-7,11,13H,1H3,(H,15,16). The van der Waals surface area contributed by atoms with Crippen LogP contribution in [0, 0.1) is 10.1 Å². The smallest absolute Gasteiger partial charge is 0.318 e. The average Bonchev–Trinajstić information content (AvgIpc) is 2.73. The van der Waals surface area contributed by atoms with Gasteiger partial charge in [-0.2, -0.15) is 0 Å². The molecule has 2 N–H and O–H groups in total. The van der Waals surface area contributed by atoms with E-state index in [1.165, 1.54) is 13.1 Å². The number of rotatable bonds is 4. The van der Waals surface area contributed by atoms with E-state index in [2.05, 4.69) is 4.98 Å². The number of carboxylic acid groups (broad SMARTS) is 1. The molecule has 94 valence electrons. The number of aromatic amines is 1. The molecule has 0 radical (unpaired) electrons. The quantitative estimate of drug-likeness (QED) is 0.638. The molecule has 1 aromatic carbocycles. The predicted molar refractivity (Wildman–Crippen MR) is 65.1 cm³/mol. The minimum absolute atomic E-state index is 0.447. The normalized spacial score (nSPS) is 14.3. The van der Waals surface area contributed by atoms with Gasteiger partial charge in [-0.1, -0.05) is 18.2 Å². The van der Waals surface area contributed by atoms with Crippen molar-refractivity contribution in [3.63, 3.8) is 0 Å². The van der Waals surface area contributed by atoms with E-state index in [0.717, 1.165) is 5.52 Å². The van der Waals surface area contributed by atoms with Crippen molar-refractivity contribution < 1.29 is 14.8 Å². The molecule has 2 aromatic rings. The maximum atomic E-state index is 11.3. The summed E-state index contributed by atoms with van der Waals surface area (Å²) >= 11 is 0. The van der Waals surface area contributed by atoms with E-state index in [4.69, 9.17) is 0 Å². The summed E-state index contributed by atoms with van der Waals surface area (Å²) < 4.78 is 0. The van der Waals surface area contributed by atoms with Crippen LogP contribution >= 0.6 is 0 Å². The number of carbonyl (C=O) groups is 1. The highest BCUT2D eigenvalue weighted by Crippen LogP contribution is 2.29. The largest absolute Gasteiger partial charge is 0.481 e. The number of para-hydroxylation sites is 1. The molecule has 18 heavy (non-hydrogen) atoms. The predicted octanol–water partition coefficient (Wildman–Crippen LogP) is 2.00. The Bertz CT molecular complexity index is 605. The molecule has 0 aliphatic carbocycles. The number of H-pyrrole nitrogens is 1. The number of nitro groups is 1. The molecule has 6 nitrogen and oxygen atoms in total. The van der Waals surface area contributed by atoms with Crippen LogP contribution in [0.2, 0.25) is 0 Å². The summed E-state index contributed by atoms with van der Waals surface area (Å²) in [6.45, 7) is 1.31. The van der Waals surface area contributed by atoms with Crippen LogP contribution in [-0.4, -0.2) is 27.0 Å². The lowest BCUT2D eigenvalue weighted by Gasteiger charge is -2.13. The second-order valence-corrected chi connectivity index (χ2v) is 4.13. The van der Waals surface area contributed by atoms with Crippen LogP contribution in [0.5, 0.6) is 0 Å². The Labute approximate surface area is 102 Å². The topological polar surface area (TPSA) is 96.2 Å². The maximum absolute atomic E-state index is 11.3. The molecule has 6 heteroatoms. The zero-order chi connectivity index (χ0) is 13.3. The van der Waals surface area contributed by atoms with Gasteiger partial charge in [0.1, 0.15) is 0 Å². The first-order chi connectivity index (χ1) is 8.52. The van der Waals surface area contributed by atoms with Gasteiger partial charge in [0.05, 0.1) is 0 Å². The minimum Gasteiger partial charge on any atom is -0.481 e. The first kappa shape index (κ1) is 12.1. The Balaban J connectivity index is 2.55. The van der Waals surface area contributed by atoms with Crippen LogP contribution in [0.4, 0.5) is 0 Å². The van der Waals surface area contributed by atoms with Crippen LogP contribution in [0.3, 0.4) is 0 Å². The van der Waals surface area contributed by atoms with Crippen molar-refractivity contribution >= 4 is 16.9 Å². The van der Waals surface area contributed by atoms with E-state index in [9.17, 15) is 20.0 Å². The summed E-state index contributed by atoms with van der Waals surface area (Å²) in [6.07, 6.45) is 1.53. The summed E-state index contributed by atoms with van der Waals surface area (Å²) in [7, 11) is 0. The van der Waals surface area contributed by atoms with E-state index in [1.54, 1.807) is 18.2 Å². The number of hydrogen-bond donors (Lipinski definition) is 2. The monoisotopic (exact) mass is 248 g/mol. The first-order valence-electron chi connectivity index (χ1n) is 5.44. The Kier molecular flexibility index (Phi) is 3.01. The van der Waals surface area contributed by atoms with E-state index in [1.807, 2.05) is 6.07 Å². The summed E-state index contributed by atoms with van der Waals surface area (Å²) in [5.74, 6) is -2.35. The highest BCUT2D eigenvalue weighted by Gasteiger charge is 2.36. The molecule has 0 aliphatic heterocycles. The third-order valence-electron chi connectivity index (χ3n) is 3.04. The summed E-state index contributed by atoms with van der Waals surface area (Å²) in [6, 6.07) is 5.96. The van der Waals surface area contributed by atoms with E-state index in [-0.39, 0.29) is 0 Å². The Hall–Kier alpha value is -2.37. The number of benzene rings is 1. The van der Waals surface area contributed by atoms with Crippen LogP contribution in [-0.2, 0) is 4.79 Å². The Morgan fingerprint density at radius 2 is 2.11 bits per heavy atom. The fourth-order valence-corrected chi connectivity index (χ4v) is 2.07. The molecule has 0 fully saturated rings. The van der Waals surface area contributed by atoms with Gasteiger partial charge in [-0.3, -0.25) is 14.9 Å². The third kappa shape index (κ3) is 1.92. The van der Waals surface area contributed by atoms with Gasteiger partial charge in [0.15, 0.2) is 5.92 Å². The van der Waals surface area contributed by atoms with Crippen LogP contribution < -0.4 is 0 Å². The van der Waals surface area contributed by atoms with Crippen molar-refractivity contribution in [1.82, 2.24) is 4.98 Å². The van der Waals surface area contributed by atoms with Gasteiger partial charge in [0.25, 0.3) is 0 Å². The zero-order valence-corrected chi connectivity index (χ0v) is 9.66. The van der Waals surface area contributed by atoms with Crippen molar-refractivity contribution in [2.75, 3.05) is 0 Å². The van der Waals surface area contributed by atoms with Crippen LogP contribution in [0.15, 0.2) is 30.5 Å². The molecular formula is C12H12N2O4. The highest BCUT2D eigenvalue weighted by atomic mass is 16.6. The Morgan fingerprint density at radius 3 is 2.72 bits per heavy atom. The number of fused-ring (bicyclic) bond motifs is 1. The highest BCUT2D eigenvalue weighted by molar-refractivity contribution is 5.89. The van der Waals surface area contributed by atoms with E-state index < -0.39 is 22.9 Å². The van der Waals surface area contributed by atoms with Gasteiger partial charge in [0.2, 0.25) is 6.04 Å². The number of nitrogens with zero attached hydrogens (tertiary/aromatic N) is 1.